The van der Waals surface area contributed by atoms with Crippen LogP contribution in [0.25, 0.3) is 10.9 Å². The van der Waals surface area contributed by atoms with Crippen molar-refractivity contribution in [1.29, 1.82) is 0 Å². The summed E-state index contributed by atoms with van der Waals surface area (Å²) in [5.41, 5.74) is -5.96. The molecule has 40 heavy (non-hydrogen) atoms. The van der Waals surface area contributed by atoms with Crippen LogP contribution < -0.4 is 19.5 Å². The first-order valence-electron chi connectivity index (χ1n) is 12.0. The van der Waals surface area contributed by atoms with E-state index in [9.17, 15) is 31.7 Å². The average Bonchev–Trinajstić information content (AvgIpc) is 3.21. The van der Waals surface area contributed by atoms with Crippen LogP contribution in [-0.4, -0.2) is 56.4 Å². The molecule has 3 N–H and O–H groups in total. The molecule has 0 bridgehead atoms. The van der Waals surface area contributed by atoms with E-state index >= 15 is 0 Å². The number of halogens is 4. The third kappa shape index (κ3) is 5.34. The van der Waals surface area contributed by atoms with Crippen LogP contribution in [-0.2, 0) is 22.1 Å². The Morgan fingerprint density at radius 2 is 1.95 bits per heavy atom. The molecule has 1 aliphatic heterocycles. The number of nitrogens with zero attached hydrogens (tertiary/aromatic N) is 2. The van der Waals surface area contributed by atoms with Gasteiger partial charge >= 0.3 is 6.18 Å². The summed E-state index contributed by atoms with van der Waals surface area (Å²) < 4.78 is 83.3. The van der Waals surface area contributed by atoms with E-state index in [1.807, 2.05) is 0 Å². The Labute approximate surface area is 229 Å². The number of alkyl halides is 3. The van der Waals surface area contributed by atoms with Gasteiger partial charge in [0.05, 0.1) is 40.6 Å². The fraction of sp³-hybridized carbons (Fsp3) is 0.423. The molecule has 1 aromatic carbocycles. The predicted octanol–water partition coefficient (Wildman–Crippen LogP) is 3.62. The summed E-state index contributed by atoms with van der Waals surface area (Å²) in [4.78, 5) is 20.4. The number of aliphatic hydroxyl groups is 1. The van der Waals surface area contributed by atoms with Crippen LogP contribution in [0.5, 0.6) is 11.5 Å². The first-order valence-corrected chi connectivity index (χ1v) is 13.2. The third-order valence-electron chi connectivity index (χ3n) is 6.45. The van der Waals surface area contributed by atoms with E-state index in [0.29, 0.717) is 10.9 Å². The molecule has 3 atom stereocenters. The van der Waals surface area contributed by atoms with Gasteiger partial charge in [0.15, 0.2) is 5.75 Å². The second kappa shape index (κ2) is 10.2. The molecule has 0 aliphatic carbocycles. The molecular formula is C26H28F4N4O5S. The van der Waals surface area contributed by atoms with E-state index in [0.717, 1.165) is 6.07 Å². The third-order valence-corrected chi connectivity index (χ3v) is 8.20. The predicted molar refractivity (Wildman–Crippen MR) is 139 cm³/mol. The van der Waals surface area contributed by atoms with E-state index in [2.05, 4.69) is 20.0 Å². The summed E-state index contributed by atoms with van der Waals surface area (Å²) in [6, 6.07) is 6.81. The number of fused-ring (bicyclic) bond motifs is 2. The van der Waals surface area contributed by atoms with E-state index in [4.69, 9.17) is 9.47 Å². The molecule has 1 aliphatic rings. The summed E-state index contributed by atoms with van der Waals surface area (Å²) in [5, 5.41) is 13.5. The van der Waals surface area contributed by atoms with Gasteiger partial charge < -0.3 is 19.9 Å². The smallest absolute Gasteiger partial charge is 0.424 e. The molecular weight excluding hydrogens is 556 g/mol. The number of carbonyl (C=O) groups excluding carboxylic acids is 1. The number of ether oxygens (including phenoxy) is 2. The van der Waals surface area contributed by atoms with Crippen molar-refractivity contribution < 1.29 is 41.1 Å². The lowest BCUT2D eigenvalue weighted by molar-refractivity contribution is -0.265. The van der Waals surface area contributed by atoms with Crippen LogP contribution in [0.1, 0.15) is 49.3 Å². The molecule has 216 valence electrons. The number of amides is 1. The zero-order valence-electron chi connectivity index (χ0n) is 22.3. The Morgan fingerprint density at radius 1 is 1.25 bits per heavy atom. The Kier molecular flexibility index (Phi) is 7.58. The van der Waals surface area contributed by atoms with Gasteiger partial charge in [-0.25, -0.2) is 13.9 Å². The van der Waals surface area contributed by atoms with Crippen LogP contribution in [0.4, 0.5) is 17.6 Å². The van der Waals surface area contributed by atoms with Crippen molar-refractivity contribution in [3.8, 4) is 11.5 Å². The number of rotatable bonds is 7. The van der Waals surface area contributed by atoms with Gasteiger partial charge in [-0.15, -0.1) is 0 Å². The summed E-state index contributed by atoms with van der Waals surface area (Å²) in [5.74, 6) is -2.55. The number of carbonyl (C=O) groups is 1. The fourth-order valence-electron chi connectivity index (χ4n) is 4.09. The minimum atomic E-state index is -5.38. The summed E-state index contributed by atoms with van der Waals surface area (Å²) in [6.07, 6.45) is -3.86. The van der Waals surface area contributed by atoms with E-state index in [1.54, 1.807) is 32.9 Å². The highest BCUT2D eigenvalue weighted by molar-refractivity contribution is 7.84. The Morgan fingerprint density at radius 3 is 2.58 bits per heavy atom. The second-order valence-electron chi connectivity index (χ2n) is 10.6. The summed E-state index contributed by atoms with van der Waals surface area (Å²) in [7, 11) is -0.346. The number of benzene rings is 1. The normalized spacial score (nSPS) is 19.4. The largest absolute Gasteiger partial charge is 0.494 e. The van der Waals surface area contributed by atoms with Crippen LogP contribution in [0.3, 0.4) is 0 Å². The fourth-order valence-corrected chi connectivity index (χ4v) is 4.97. The van der Waals surface area contributed by atoms with E-state index in [1.165, 1.54) is 32.4 Å². The lowest BCUT2D eigenvalue weighted by atomic mass is 9.91. The summed E-state index contributed by atoms with van der Waals surface area (Å²) >= 11 is 0. The molecule has 3 unspecified atom stereocenters. The molecule has 14 heteroatoms. The lowest BCUT2D eigenvalue weighted by Crippen LogP contribution is -2.52. The number of methoxy groups -OCH3 is 1. The van der Waals surface area contributed by atoms with Gasteiger partial charge in [-0.1, -0.05) is 6.07 Å². The highest BCUT2D eigenvalue weighted by atomic mass is 32.2. The van der Waals surface area contributed by atoms with Gasteiger partial charge in [0.25, 0.3) is 11.9 Å². The maximum absolute atomic E-state index is 15.0. The molecule has 0 saturated carbocycles. The van der Waals surface area contributed by atoms with Crippen molar-refractivity contribution in [3.63, 3.8) is 0 Å². The van der Waals surface area contributed by atoms with Crippen molar-refractivity contribution in [1.82, 2.24) is 20.0 Å². The lowest BCUT2D eigenvalue weighted by Gasteiger charge is -2.32. The Balaban J connectivity index is 1.69. The molecule has 4 rings (SSSR count). The molecule has 1 amide bonds. The highest BCUT2D eigenvalue weighted by Gasteiger charge is 2.57. The Bertz CT molecular complexity index is 1500. The molecule has 0 fully saturated rings. The second-order valence-corrected chi connectivity index (χ2v) is 12.5. The van der Waals surface area contributed by atoms with Gasteiger partial charge in [0.2, 0.25) is 5.60 Å². The molecule has 9 nitrogen and oxygen atoms in total. The van der Waals surface area contributed by atoms with Crippen molar-refractivity contribution in [2.24, 2.45) is 0 Å². The maximum atomic E-state index is 15.0. The first-order chi connectivity index (χ1) is 18.5. The van der Waals surface area contributed by atoms with E-state index < -0.39 is 62.9 Å². The minimum Gasteiger partial charge on any atom is -0.494 e. The summed E-state index contributed by atoms with van der Waals surface area (Å²) in [6.45, 7) is 4.91. The first kappa shape index (κ1) is 29.6. The van der Waals surface area contributed by atoms with Gasteiger partial charge in [-0.2, -0.15) is 17.6 Å². The number of pyridine rings is 2. The van der Waals surface area contributed by atoms with Gasteiger partial charge in [-0.3, -0.25) is 9.78 Å². The number of hydrogen-bond acceptors (Lipinski definition) is 7. The monoisotopic (exact) mass is 584 g/mol. The molecule has 3 heterocycles. The van der Waals surface area contributed by atoms with Crippen molar-refractivity contribution >= 4 is 27.8 Å². The zero-order valence-corrected chi connectivity index (χ0v) is 23.1. The molecule has 3 aromatic rings. The minimum absolute atomic E-state index is 0.0511. The Hall–Kier alpha value is -3.36. The number of aromatic nitrogens is 2. The van der Waals surface area contributed by atoms with Gasteiger partial charge in [0.1, 0.15) is 17.9 Å². The van der Waals surface area contributed by atoms with Crippen LogP contribution in [0.15, 0.2) is 36.5 Å². The molecule has 0 saturated heterocycles. The molecule has 2 aromatic heterocycles. The standard InChI is InChI=1S/C26H28F4N4O5S/c1-23(2,3)40(37)34-24(4)13-39-20-16(24)11-18(33-21(20)27)25(36,26(28,29)30)12-32-22(35)15-9-14-7-6-8-31-19(14)17(10-15)38-5/h6-11,34,36H,12-13H2,1-5H3,(H,32,35). The number of hydrogen-bond donors (Lipinski definition) is 3. The SMILES string of the molecule is COc1cc(C(=O)NCC(O)(c2cc3c(c(F)n2)OCC3(C)NS(=O)C(C)(C)C)C(F)(F)F)cc2cccnc12. The van der Waals surface area contributed by atoms with E-state index in [-0.39, 0.29) is 23.5 Å². The van der Waals surface area contributed by atoms with Crippen LogP contribution in [0, 0.1) is 5.95 Å². The molecule has 0 spiro atoms. The van der Waals surface area contributed by atoms with Gasteiger partial charge in [0, 0.05) is 22.7 Å². The van der Waals surface area contributed by atoms with Crippen LogP contribution in [0.2, 0.25) is 0 Å². The topological polar surface area (TPSA) is 123 Å². The average molecular weight is 585 g/mol. The maximum Gasteiger partial charge on any atom is 0.424 e. The quantitative estimate of drug-likeness (QED) is 0.287. The van der Waals surface area contributed by atoms with Crippen molar-refractivity contribution in [2.75, 3.05) is 20.3 Å². The molecule has 0 radical (unpaired) electrons. The van der Waals surface area contributed by atoms with Crippen molar-refractivity contribution in [3.05, 3.63) is 59.3 Å². The highest BCUT2D eigenvalue weighted by Crippen LogP contribution is 2.44. The number of nitrogens with one attached hydrogen (secondary N) is 2. The van der Waals surface area contributed by atoms with Gasteiger partial charge in [-0.05, 0) is 52.0 Å². The van der Waals surface area contributed by atoms with Crippen LogP contribution >= 0.6 is 0 Å². The zero-order chi connectivity index (χ0) is 29.7. The van der Waals surface area contributed by atoms with Crippen molar-refractivity contribution in [2.45, 2.75) is 49.8 Å².